The van der Waals surface area contributed by atoms with Crippen LogP contribution in [-0.4, -0.2) is 22.4 Å². The first-order valence-corrected chi connectivity index (χ1v) is 4.65. The number of carbonyl (C=O) groups is 1. The van der Waals surface area contributed by atoms with Crippen LogP contribution in [0.2, 0.25) is 0 Å². The number of amides is 1. The standard InChI is InChI=1S/C10H14N2O3/c1-7-4-5-9(11-8(2)13)10(3,6-7)12(14)15/h4-6,9H,1-3H3,(H,11,13). The van der Waals surface area contributed by atoms with Crippen LogP contribution < -0.4 is 5.32 Å². The van der Waals surface area contributed by atoms with Gasteiger partial charge in [0.05, 0.1) is 0 Å². The molecule has 0 fully saturated rings. The topological polar surface area (TPSA) is 72.2 Å². The molecule has 5 nitrogen and oxygen atoms in total. The highest BCUT2D eigenvalue weighted by atomic mass is 16.6. The molecule has 5 heteroatoms. The molecule has 0 saturated carbocycles. The summed E-state index contributed by atoms with van der Waals surface area (Å²) in [5.74, 6) is -0.273. The van der Waals surface area contributed by atoms with Crippen LogP contribution >= 0.6 is 0 Å². The average Bonchev–Trinajstić information content (AvgIpc) is 2.09. The molecule has 1 rings (SSSR count). The molecule has 1 aliphatic carbocycles. The quantitative estimate of drug-likeness (QED) is 0.546. The van der Waals surface area contributed by atoms with Gasteiger partial charge in [0.1, 0.15) is 6.04 Å². The van der Waals surface area contributed by atoms with E-state index in [2.05, 4.69) is 5.32 Å². The number of hydrogen-bond donors (Lipinski definition) is 1. The number of hydrogen-bond acceptors (Lipinski definition) is 3. The maximum absolute atomic E-state index is 11.0. The Hall–Kier alpha value is -1.65. The predicted octanol–water partition coefficient (Wildman–Crippen LogP) is 1.04. The van der Waals surface area contributed by atoms with Gasteiger partial charge in [-0.25, -0.2) is 0 Å². The first-order valence-electron chi connectivity index (χ1n) is 4.65. The molecule has 1 aliphatic rings. The zero-order valence-electron chi connectivity index (χ0n) is 8.98. The van der Waals surface area contributed by atoms with Crippen LogP contribution in [0.25, 0.3) is 0 Å². The first-order chi connectivity index (χ1) is 6.86. The fourth-order valence-electron chi connectivity index (χ4n) is 1.62. The Kier molecular flexibility index (Phi) is 2.93. The van der Waals surface area contributed by atoms with Crippen molar-refractivity contribution in [1.82, 2.24) is 5.32 Å². The zero-order valence-corrected chi connectivity index (χ0v) is 8.98. The lowest BCUT2D eigenvalue weighted by Gasteiger charge is -2.28. The summed E-state index contributed by atoms with van der Waals surface area (Å²) in [4.78, 5) is 21.5. The summed E-state index contributed by atoms with van der Waals surface area (Å²) in [5, 5.41) is 13.6. The van der Waals surface area contributed by atoms with Gasteiger partial charge in [-0.05, 0) is 18.6 Å². The lowest BCUT2D eigenvalue weighted by atomic mass is 9.86. The Bertz CT molecular complexity index is 360. The SMILES string of the molecule is CC(=O)NC1C=CC(C)=CC1(C)[N+](=O)[O-]. The zero-order chi connectivity index (χ0) is 11.6. The van der Waals surface area contributed by atoms with Crippen molar-refractivity contribution < 1.29 is 9.72 Å². The number of allylic oxidation sites excluding steroid dienone is 2. The summed E-state index contributed by atoms with van der Waals surface area (Å²) >= 11 is 0. The molecule has 0 saturated heterocycles. The largest absolute Gasteiger partial charge is 0.343 e. The van der Waals surface area contributed by atoms with Crippen LogP contribution in [0, 0.1) is 10.1 Å². The van der Waals surface area contributed by atoms with Gasteiger partial charge in [0.2, 0.25) is 5.91 Å². The third-order valence-corrected chi connectivity index (χ3v) is 2.45. The van der Waals surface area contributed by atoms with Gasteiger partial charge < -0.3 is 5.32 Å². The minimum absolute atomic E-state index is 0.273. The van der Waals surface area contributed by atoms with Gasteiger partial charge in [-0.2, -0.15) is 0 Å². The molecule has 0 aromatic heterocycles. The maximum Gasteiger partial charge on any atom is 0.261 e. The summed E-state index contributed by atoms with van der Waals surface area (Å²) in [6.45, 7) is 4.64. The van der Waals surface area contributed by atoms with Crippen LogP contribution in [-0.2, 0) is 4.79 Å². The van der Waals surface area contributed by atoms with Crippen LogP contribution in [0.15, 0.2) is 23.8 Å². The van der Waals surface area contributed by atoms with Gasteiger partial charge in [0, 0.05) is 18.8 Å². The third kappa shape index (κ3) is 2.23. The van der Waals surface area contributed by atoms with E-state index in [4.69, 9.17) is 0 Å². The van der Waals surface area contributed by atoms with Crippen molar-refractivity contribution in [2.45, 2.75) is 32.4 Å². The van der Waals surface area contributed by atoms with Crippen molar-refractivity contribution in [1.29, 1.82) is 0 Å². The second-order valence-corrected chi connectivity index (χ2v) is 3.91. The average molecular weight is 210 g/mol. The Balaban J connectivity index is 3.02. The van der Waals surface area contributed by atoms with E-state index in [1.807, 2.05) is 0 Å². The smallest absolute Gasteiger partial charge is 0.261 e. The highest BCUT2D eigenvalue weighted by Gasteiger charge is 2.44. The van der Waals surface area contributed by atoms with E-state index >= 15 is 0 Å². The van der Waals surface area contributed by atoms with E-state index in [-0.39, 0.29) is 10.8 Å². The molecule has 0 spiro atoms. The fourth-order valence-corrected chi connectivity index (χ4v) is 1.62. The molecular formula is C10H14N2O3. The Morgan fingerprint density at radius 1 is 1.67 bits per heavy atom. The van der Waals surface area contributed by atoms with E-state index in [0.717, 1.165) is 5.57 Å². The molecule has 0 heterocycles. The highest BCUT2D eigenvalue weighted by Crippen LogP contribution is 2.24. The molecular weight excluding hydrogens is 196 g/mol. The van der Waals surface area contributed by atoms with Gasteiger partial charge in [-0.15, -0.1) is 0 Å². The van der Waals surface area contributed by atoms with E-state index in [9.17, 15) is 14.9 Å². The maximum atomic E-state index is 11.0. The summed E-state index contributed by atoms with van der Waals surface area (Å²) in [6, 6.07) is -0.589. The highest BCUT2D eigenvalue weighted by molar-refractivity contribution is 5.73. The van der Waals surface area contributed by atoms with E-state index in [1.54, 1.807) is 25.2 Å². The molecule has 2 unspecified atom stereocenters. The molecule has 0 aromatic rings. The molecule has 15 heavy (non-hydrogen) atoms. The minimum atomic E-state index is -1.26. The summed E-state index contributed by atoms with van der Waals surface area (Å²) in [5.41, 5.74) is -0.430. The third-order valence-electron chi connectivity index (χ3n) is 2.45. The van der Waals surface area contributed by atoms with Gasteiger partial charge >= 0.3 is 0 Å². The van der Waals surface area contributed by atoms with Gasteiger partial charge in [0.25, 0.3) is 5.54 Å². The number of nitrogens with zero attached hydrogens (tertiary/aromatic N) is 1. The number of nitro groups is 1. The van der Waals surface area contributed by atoms with Crippen LogP contribution in [0.4, 0.5) is 0 Å². The molecule has 2 atom stereocenters. The normalized spacial score (nSPS) is 29.5. The summed E-state index contributed by atoms with van der Waals surface area (Å²) < 4.78 is 0. The van der Waals surface area contributed by atoms with E-state index in [1.165, 1.54) is 13.8 Å². The van der Waals surface area contributed by atoms with Crippen LogP contribution in [0.5, 0.6) is 0 Å². The molecule has 0 aromatic carbocycles. The first kappa shape index (κ1) is 11.4. The molecule has 82 valence electrons. The summed E-state index contributed by atoms with van der Waals surface area (Å²) in [7, 11) is 0. The lowest BCUT2D eigenvalue weighted by molar-refractivity contribution is -0.553. The van der Waals surface area contributed by atoms with Crippen molar-refractivity contribution in [3.05, 3.63) is 33.9 Å². The van der Waals surface area contributed by atoms with Crippen molar-refractivity contribution in [3.63, 3.8) is 0 Å². The summed E-state index contributed by atoms with van der Waals surface area (Å²) in [6.07, 6.45) is 4.99. The van der Waals surface area contributed by atoms with E-state index < -0.39 is 11.6 Å². The minimum Gasteiger partial charge on any atom is -0.343 e. The van der Waals surface area contributed by atoms with Crippen molar-refractivity contribution >= 4 is 5.91 Å². The Morgan fingerprint density at radius 2 is 2.27 bits per heavy atom. The molecule has 0 radical (unpaired) electrons. The lowest BCUT2D eigenvalue weighted by Crippen LogP contribution is -2.54. The fraction of sp³-hybridized carbons (Fsp3) is 0.500. The molecule has 0 bridgehead atoms. The Morgan fingerprint density at radius 3 is 2.73 bits per heavy atom. The van der Waals surface area contributed by atoms with E-state index in [0.29, 0.717) is 0 Å². The second-order valence-electron chi connectivity index (χ2n) is 3.91. The monoisotopic (exact) mass is 210 g/mol. The molecule has 1 amide bonds. The predicted molar refractivity (Wildman–Crippen MR) is 55.9 cm³/mol. The Labute approximate surface area is 88.0 Å². The second kappa shape index (κ2) is 3.84. The van der Waals surface area contributed by atoms with Gasteiger partial charge in [-0.3, -0.25) is 14.9 Å². The number of rotatable bonds is 2. The molecule has 0 aliphatic heterocycles. The number of nitrogens with one attached hydrogen (secondary N) is 1. The van der Waals surface area contributed by atoms with Crippen molar-refractivity contribution in [2.75, 3.05) is 0 Å². The number of carbonyl (C=O) groups excluding carboxylic acids is 1. The van der Waals surface area contributed by atoms with Crippen LogP contribution in [0.3, 0.4) is 0 Å². The van der Waals surface area contributed by atoms with Crippen molar-refractivity contribution in [3.8, 4) is 0 Å². The van der Waals surface area contributed by atoms with Gasteiger partial charge in [-0.1, -0.05) is 12.2 Å². The van der Waals surface area contributed by atoms with Gasteiger partial charge in [0.15, 0.2) is 0 Å². The van der Waals surface area contributed by atoms with Crippen LogP contribution in [0.1, 0.15) is 20.8 Å². The van der Waals surface area contributed by atoms with Crippen molar-refractivity contribution in [2.24, 2.45) is 0 Å². The molecule has 1 N–H and O–H groups in total.